The molecule has 0 radical (unpaired) electrons. The molecule has 0 unspecified atom stereocenters. The van der Waals surface area contributed by atoms with Gasteiger partial charge < -0.3 is 9.64 Å². The maximum absolute atomic E-state index is 13.0. The Balaban J connectivity index is 1.11. The van der Waals surface area contributed by atoms with Gasteiger partial charge in [-0.3, -0.25) is 9.69 Å². The van der Waals surface area contributed by atoms with Gasteiger partial charge >= 0.3 is 0 Å². The molecular formula is C28H26Cl2N4O2. The number of nitrogens with zero attached hydrogens (tertiary/aromatic N) is 4. The zero-order valence-electron chi connectivity index (χ0n) is 19.7. The van der Waals surface area contributed by atoms with Gasteiger partial charge in [-0.1, -0.05) is 71.7 Å². The van der Waals surface area contributed by atoms with Gasteiger partial charge in [-0.25, -0.2) is 4.68 Å². The Labute approximate surface area is 220 Å². The molecule has 2 heterocycles. The molecule has 0 spiro atoms. The fourth-order valence-corrected chi connectivity index (χ4v) is 4.55. The Morgan fingerprint density at radius 3 is 2.28 bits per heavy atom. The van der Waals surface area contributed by atoms with E-state index in [2.05, 4.69) is 22.1 Å². The van der Waals surface area contributed by atoms with E-state index in [1.807, 2.05) is 65.6 Å². The van der Waals surface area contributed by atoms with Crippen LogP contribution in [0.4, 0.5) is 0 Å². The number of amides is 1. The van der Waals surface area contributed by atoms with Crippen LogP contribution in [0.25, 0.3) is 11.1 Å². The Morgan fingerprint density at radius 1 is 0.833 bits per heavy atom. The fraction of sp³-hybridized carbons (Fsp3) is 0.214. The minimum Gasteiger partial charge on any atom is -0.471 e. The molecule has 8 heteroatoms. The highest BCUT2D eigenvalue weighted by Gasteiger charge is 2.24. The average Bonchev–Trinajstić information content (AvgIpc) is 3.40. The van der Waals surface area contributed by atoms with Crippen LogP contribution in [-0.4, -0.2) is 51.7 Å². The van der Waals surface area contributed by atoms with Crippen LogP contribution in [-0.2, 0) is 13.3 Å². The number of hydrogen-bond donors (Lipinski definition) is 0. The molecule has 1 aromatic heterocycles. The van der Waals surface area contributed by atoms with E-state index in [0.29, 0.717) is 28.8 Å². The van der Waals surface area contributed by atoms with E-state index in [-0.39, 0.29) is 12.6 Å². The number of ether oxygens (including phenoxy) is 1. The number of rotatable bonds is 7. The minimum atomic E-state index is -0.0600. The van der Waals surface area contributed by atoms with Crippen molar-refractivity contribution in [2.24, 2.45) is 0 Å². The molecule has 0 atom stereocenters. The summed E-state index contributed by atoms with van der Waals surface area (Å²) in [6.45, 7) is 3.88. The molecule has 1 fully saturated rings. The van der Waals surface area contributed by atoms with E-state index >= 15 is 0 Å². The SMILES string of the molecule is O=C(c1ccn(COc2ccc(-c3ccccc3)cc2)n1)N1CCN(Cc2ccc(Cl)c(Cl)c2)CC1. The van der Waals surface area contributed by atoms with Crippen molar-refractivity contribution in [3.05, 3.63) is 106 Å². The summed E-state index contributed by atoms with van der Waals surface area (Å²) < 4.78 is 7.50. The van der Waals surface area contributed by atoms with Crippen LogP contribution in [0.2, 0.25) is 10.0 Å². The Kier molecular flexibility index (Phi) is 7.56. The summed E-state index contributed by atoms with van der Waals surface area (Å²) in [6.07, 6.45) is 1.77. The van der Waals surface area contributed by atoms with Crippen LogP contribution in [0.3, 0.4) is 0 Å². The lowest BCUT2D eigenvalue weighted by Gasteiger charge is -2.34. The van der Waals surface area contributed by atoms with E-state index in [1.165, 1.54) is 0 Å². The first kappa shape index (κ1) is 24.4. The topological polar surface area (TPSA) is 50.6 Å². The van der Waals surface area contributed by atoms with Gasteiger partial charge in [0, 0.05) is 38.9 Å². The van der Waals surface area contributed by atoms with Crippen LogP contribution >= 0.6 is 23.2 Å². The summed E-state index contributed by atoms with van der Waals surface area (Å²) in [5.74, 6) is 0.686. The summed E-state index contributed by atoms with van der Waals surface area (Å²) >= 11 is 12.1. The van der Waals surface area contributed by atoms with Gasteiger partial charge in [-0.2, -0.15) is 5.10 Å². The largest absolute Gasteiger partial charge is 0.471 e. The average molecular weight is 521 g/mol. The molecule has 4 aromatic rings. The second-order valence-electron chi connectivity index (χ2n) is 8.72. The van der Waals surface area contributed by atoms with Crippen LogP contribution in [0, 0.1) is 0 Å². The predicted octanol–water partition coefficient (Wildman–Crippen LogP) is 5.85. The molecule has 6 nitrogen and oxygen atoms in total. The zero-order valence-corrected chi connectivity index (χ0v) is 21.2. The number of aromatic nitrogens is 2. The molecule has 1 saturated heterocycles. The third-order valence-electron chi connectivity index (χ3n) is 6.23. The molecule has 0 bridgehead atoms. The smallest absolute Gasteiger partial charge is 0.274 e. The highest BCUT2D eigenvalue weighted by Crippen LogP contribution is 2.24. The first-order chi connectivity index (χ1) is 17.5. The van der Waals surface area contributed by atoms with Crippen molar-refractivity contribution in [1.82, 2.24) is 19.6 Å². The minimum absolute atomic E-state index is 0.0600. The maximum atomic E-state index is 13.0. The fourth-order valence-electron chi connectivity index (χ4n) is 4.23. The Hall–Kier alpha value is -3.32. The van der Waals surface area contributed by atoms with E-state index < -0.39 is 0 Å². The van der Waals surface area contributed by atoms with Crippen LogP contribution < -0.4 is 4.74 Å². The van der Waals surface area contributed by atoms with Gasteiger partial charge in [0.1, 0.15) is 5.75 Å². The molecule has 0 aliphatic carbocycles. The van der Waals surface area contributed by atoms with E-state index in [0.717, 1.165) is 42.1 Å². The monoisotopic (exact) mass is 520 g/mol. The first-order valence-corrected chi connectivity index (χ1v) is 12.6. The summed E-state index contributed by atoms with van der Waals surface area (Å²) in [5, 5.41) is 5.55. The van der Waals surface area contributed by atoms with E-state index in [4.69, 9.17) is 27.9 Å². The third-order valence-corrected chi connectivity index (χ3v) is 6.97. The lowest BCUT2D eigenvalue weighted by atomic mass is 10.1. The van der Waals surface area contributed by atoms with Crippen molar-refractivity contribution in [1.29, 1.82) is 0 Å². The van der Waals surface area contributed by atoms with Gasteiger partial charge in [-0.05, 0) is 47.0 Å². The van der Waals surface area contributed by atoms with Crippen molar-refractivity contribution in [3.8, 4) is 16.9 Å². The second-order valence-corrected chi connectivity index (χ2v) is 9.54. The van der Waals surface area contributed by atoms with Gasteiger partial charge in [0.15, 0.2) is 12.4 Å². The number of carbonyl (C=O) groups excluding carboxylic acids is 1. The first-order valence-electron chi connectivity index (χ1n) is 11.8. The highest BCUT2D eigenvalue weighted by molar-refractivity contribution is 6.42. The number of piperazine rings is 1. The molecule has 184 valence electrons. The van der Waals surface area contributed by atoms with Gasteiger partial charge in [0.2, 0.25) is 0 Å². The quantitative estimate of drug-likeness (QED) is 0.306. The molecule has 36 heavy (non-hydrogen) atoms. The molecule has 3 aromatic carbocycles. The lowest BCUT2D eigenvalue weighted by molar-refractivity contribution is 0.0621. The normalized spacial score (nSPS) is 14.1. The molecular weight excluding hydrogens is 495 g/mol. The Bertz CT molecular complexity index is 1320. The van der Waals surface area contributed by atoms with Crippen LogP contribution in [0.15, 0.2) is 85.1 Å². The summed E-state index contributed by atoms with van der Waals surface area (Å²) in [6, 6.07) is 25.6. The van der Waals surface area contributed by atoms with Crippen molar-refractivity contribution in [2.75, 3.05) is 26.2 Å². The van der Waals surface area contributed by atoms with Gasteiger partial charge in [0.05, 0.1) is 10.0 Å². The maximum Gasteiger partial charge on any atom is 0.274 e. The number of benzene rings is 3. The van der Waals surface area contributed by atoms with E-state index in [1.54, 1.807) is 16.9 Å². The van der Waals surface area contributed by atoms with E-state index in [9.17, 15) is 4.79 Å². The summed E-state index contributed by atoms with van der Waals surface area (Å²) in [7, 11) is 0. The molecule has 5 rings (SSSR count). The predicted molar refractivity (Wildman–Crippen MR) is 142 cm³/mol. The van der Waals surface area contributed by atoms with Crippen molar-refractivity contribution >= 4 is 29.1 Å². The molecule has 0 saturated carbocycles. The number of hydrogen-bond acceptors (Lipinski definition) is 4. The number of carbonyl (C=O) groups is 1. The molecule has 1 aliphatic rings. The summed E-state index contributed by atoms with van der Waals surface area (Å²) in [4.78, 5) is 17.1. The molecule has 1 aliphatic heterocycles. The molecule has 0 N–H and O–H groups in total. The Morgan fingerprint density at radius 2 is 1.56 bits per heavy atom. The third kappa shape index (κ3) is 5.90. The van der Waals surface area contributed by atoms with Crippen molar-refractivity contribution in [3.63, 3.8) is 0 Å². The van der Waals surface area contributed by atoms with Gasteiger partial charge in [-0.15, -0.1) is 0 Å². The van der Waals surface area contributed by atoms with Crippen LogP contribution in [0.1, 0.15) is 16.1 Å². The van der Waals surface area contributed by atoms with Crippen molar-refractivity contribution in [2.45, 2.75) is 13.3 Å². The standard InChI is InChI=1S/C28H26Cl2N4O2/c29-25-11-6-21(18-26(25)30)19-32-14-16-33(17-15-32)28(35)27-12-13-34(31-27)20-36-24-9-7-23(8-10-24)22-4-2-1-3-5-22/h1-13,18H,14-17,19-20H2. The highest BCUT2D eigenvalue weighted by atomic mass is 35.5. The van der Waals surface area contributed by atoms with Gasteiger partial charge in [0.25, 0.3) is 5.91 Å². The zero-order chi connectivity index (χ0) is 24.9. The number of halogens is 2. The van der Waals surface area contributed by atoms with Crippen molar-refractivity contribution < 1.29 is 9.53 Å². The molecule has 1 amide bonds. The lowest BCUT2D eigenvalue weighted by Crippen LogP contribution is -2.48. The van der Waals surface area contributed by atoms with Crippen LogP contribution in [0.5, 0.6) is 5.75 Å². The second kappa shape index (κ2) is 11.2. The summed E-state index contributed by atoms with van der Waals surface area (Å²) in [5.41, 5.74) is 3.83.